The maximum atomic E-state index is 5.50. The lowest BCUT2D eigenvalue weighted by molar-refractivity contribution is 0.174. The fourth-order valence-corrected chi connectivity index (χ4v) is 2.01. The fourth-order valence-electron chi connectivity index (χ4n) is 2.01. The van der Waals surface area contributed by atoms with Crippen LogP contribution in [0, 0.1) is 0 Å². The van der Waals surface area contributed by atoms with Crippen molar-refractivity contribution in [3.8, 4) is 28.4 Å². The van der Waals surface area contributed by atoms with Crippen molar-refractivity contribution in [2.75, 3.05) is 13.4 Å². The van der Waals surface area contributed by atoms with Crippen molar-refractivity contribution < 1.29 is 14.2 Å². The van der Waals surface area contributed by atoms with Gasteiger partial charge in [0.1, 0.15) is 5.75 Å². The van der Waals surface area contributed by atoms with E-state index in [0.717, 1.165) is 28.4 Å². The predicted octanol–water partition coefficient (Wildman–Crippen LogP) is 3.48. The standard InChI is InChI=1S/C15H14O3/c1-2-16-13-5-3-4-11(8-13)12-6-7-14-15(9-12)18-10-17-14/h3-9H,2,10H2,1H3. The topological polar surface area (TPSA) is 27.7 Å². The van der Waals surface area contributed by atoms with Crippen LogP contribution >= 0.6 is 0 Å². The summed E-state index contributed by atoms with van der Waals surface area (Å²) in [7, 11) is 0. The molecule has 3 nitrogen and oxygen atoms in total. The molecule has 2 aromatic rings. The molecule has 1 heterocycles. The minimum absolute atomic E-state index is 0.303. The van der Waals surface area contributed by atoms with Gasteiger partial charge in [0, 0.05) is 0 Å². The average molecular weight is 242 g/mol. The lowest BCUT2D eigenvalue weighted by Gasteiger charge is -2.07. The van der Waals surface area contributed by atoms with Crippen molar-refractivity contribution in [2.24, 2.45) is 0 Å². The van der Waals surface area contributed by atoms with Crippen LogP contribution in [-0.4, -0.2) is 13.4 Å². The number of hydrogen-bond donors (Lipinski definition) is 0. The smallest absolute Gasteiger partial charge is 0.231 e. The van der Waals surface area contributed by atoms with Crippen molar-refractivity contribution >= 4 is 0 Å². The van der Waals surface area contributed by atoms with Gasteiger partial charge in [0.05, 0.1) is 6.61 Å². The number of rotatable bonds is 3. The number of ether oxygens (including phenoxy) is 3. The van der Waals surface area contributed by atoms with Gasteiger partial charge in [-0.2, -0.15) is 0 Å². The van der Waals surface area contributed by atoms with E-state index in [1.807, 2.05) is 43.3 Å². The highest BCUT2D eigenvalue weighted by Crippen LogP contribution is 2.36. The van der Waals surface area contributed by atoms with Gasteiger partial charge in [-0.1, -0.05) is 18.2 Å². The molecule has 0 aliphatic carbocycles. The second kappa shape index (κ2) is 4.61. The molecule has 3 heteroatoms. The van der Waals surface area contributed by atoms with Crippen LogP contribution in [0.2, 0.25) is 0 Å². The number of fused-ring (bicyclic) bond motifs is 1. The second-order valence-electron chi connectivity index (χ2n) is 4.03. The maximum Gasteiger partial charge on any atom is 0.231 e. The molecule has 0 spiro atoms. The Morgan fingerprint density at radius 1 is 1.00 bits per heavy atom. The van der Waals surface area contributed by atoms with E-state index in [9.17, 15) is 0 Å². The molecule has 0 bridgehead atoms. The van der Waals surface area contributed by atoms with Crippen LogP contribution < -0.4 is 14.2 Å². The monoisotopic (exact) mass is 242 g/mol. The van der Waals surface area contributed by atoms with Gasteiger partial charge in [-0.25, -0.2) is 0 Å². The Balaban J connectivity index is 1.96. The molecule has 18 heavy (non-hydrogen) atoms. The second-order valence-corrected chi connectivity index (χ2v) is 4.03. The van der Waals surface area contributed by atoms with Crippen LogP contribution in [-0.2, 0) is 0 Å². The van der Waals surface area contributed by atoms with Crippen LogP contribution in [0.5, 0.6) is 17.2 Å². The zero-order chi connectivity index (χ0) is 12.4. The minimum Gasteiger partial charge on any atom is -0.494 e. The van der Waals surface area contributed by atoms with E-state index < -0.39 is 0 Å². The molecule has 92 valence electrons. The van der Waals surface area contributed by atoms with E-state index in [1.165, 1.54) is 0 Å². The first-order valence-electron chi connectivity index (χ1n) is 5.99. The highest BCUT2D eigenvalue weighted by molar-refractivity contribution is 5.68. The summed E-state index contributed by atoms with van der Waals surface area (Å²) in [6.07, 6.45) is 0. The number of benzene rings is 2. The van der Waals surface area contributed by atoms with Crippen LogP contribution in [0.1, 0.15) is 6.92 Å². The van der Waals surface area contributed by atoms with E-state index in [0.29, 0.717) is 13.4 Å². The van der Waals surface area contributed by atoms with Crippen molar-refractivity contribution in [1.82, 2.24) is 0 Å². The Bertz CT molecular complexity index is 563. The summed E-state index contributed by atoms with van der Waals surface area (Å²) in [4.78, 5) is 0. The predicted molar refractivity (Wildman–Crippen MR) is 69.2 cm³/mol. The van der Waals surface area contributed by atoms with Crippen LogP contribution in [0.15, 0.2) is 42.5 Å². The third-order valence-corrected chi connectivity index (χ3v) is 2.85. The molecule has 0 atom stereocenters. The third-order valence-electron chi connectivity index (χ3n) is 2.85. The number of hydrogen-bond acceptors (Lipinski definition) is 3. The van der Waals surface area contributed by atoms with Gasteiger partial charge in [-0.05, 0) is 42.3 Å². The van der Waals surface area contributed by atoms with Crippen LogP contribution in [0.4, 0.5) is 0 Å². The van der Waals surface area contributed by atoms with E-state index in [2.05, 4.69) is 6.07 Å². The lowest BCUT2D eigenvalue weighted by Crippen LogP contribution is -1.92. The first-order chi connectivity index (χ1) is 8.86. The molecular weight excluding hydrogens is 228 g/mol. The Morgan fingerprint density at radius 3 is 2.72 bits per heavy atom. The van der Waals surface area contributed by atoms with Crippen molar-refractivity contribution in [1.29, 1.82) is 0 Å². The van der Waals surface area contributed by atoms with Gasteiger partial charge in [-0.15, -0.1) is 0 Å². The van der Waals surface area contributed by atoms with Gasteiger partial charge in [0.15, 0.2) is 11.5 Å². The zero-order valence-corrected chi connectivity index (χ0v) is 10.2. The quantitative estimate of drug-likeness (QED) is 0.824. The summed E-state index contributed by atoms with van der Waals surface area (Å²) < 4.78 is 16.2. The summed E-state index contributed by atoms with van der Waals surface area (Å²) in [6, 6.07) is 14.0. The zero-order valence-electron chi connectivity index (χ0n) is 10.2. The highest BCUT2D eigenvalue weighted by atomic mass is 16.7. The molecule has 0 unspecified atom stereocenters. The van der Waals surface area contributed by atoms with Crippen molar-refractivity contribution in [2.45, 2.75) is 6.92 Å². The summed E-state index contributed by atoms with van der Waals surface area (Å²) >= 11 is 0. The largest absolute Gasteiger partial charge is 0.494 e. The van der Waals surface area contributed by atoms with Gasteiger partial charge in [0.25, 0.3) is 0 Å². The van der Waals surface area contributed by atoms with E-state index >= 15 is 0 Å². The summed E-state index contributed by atoms with van der Waals surface area (Å²) in [5, 5.41) is 0. The summed E-state index contributed by atoms with van der Waals surface area (Å²) in [5.41, 5.74) is 2.21. The Hall–Kier alpha value is -2.16. The first kappa shape index (κ1) is 11.0. The van der Waals surface area contributed by atoms with E-state index in [4.69, 9.17) is 14.2 Å². The average Bonchev–Trinajstić information content (AvgIpc) is 2.86. The van der Waals surface area contributed by atoms with Gasteiger partial charge < -0.3 is 14.2 Å². The molecular formula is C15H14O3. The molecule has 0 fully saturated rings. The molecule has 0 amide bonds. The Kier molecular flexibility index (Phi) is 2.81. The van der Waals surface area contributed by atoms with Crippen molar-refractivity contribution in [3.05, 3.63) is 42.5 Å². The van der Waals surface area contributed by atoms with Gasteiger partial charge in [-0.3, -0.25) is 0 Å². The van der Waals surface area contributed by atoms with E-state index in [-0.39, 0.29) is 0 Å². The van der Waals surface area contributed by atoms with Gasteiger partial charge in [0.2, 0.25) is 6.79 Å². The summed E-state index contributed by atoms with van der Waals surface area (Å²) in [6.45, 7) is 2.95. The molecule has 1 aliphatic rings. The van der Waals surface area contributed by atoms with Crippen LogP contribution in [0.25, 0.3) is 11.1 Å². The molecule has 0 saturated carbocycles. The molecule has 0 radical (unpaired) electrons. The molecule has 0 N–H and O–H groups in total. The fraction of sp³-hybridized carbons (Fsp3) is 0.200. The highest BCUT2D eigenvalue weighted by Gasteiger charge is 2.13. The Morgan fingerprint density at radius 2 is 1.83 bits per heavy atom. The maximum absolute atomic E-state index is 5.50. The molecule has 0 saturated heterocycles. The SMILES string of the molecule is CCOc1cccc(-c2ccc3c(c2)OCO3)c1. The minimum atomic E-state index is 0.303. The third kappa shape index (κ3) is 1.99. The first-order valence-corrected chi connectivity index (χ1v) is 5.99. The van der Waals surface area contributed by atoms with E-state index in [1.54, 1.807) is 0 Å². The lowest BCUT2D eigenvalue weighted by atomic mass is 10.0. The van der Waals surface area contributed by atoms with Gasteiger partial charge >= 0.3 is 0 Å². The Labute approximate surface area is 106 Å². The normalized spacial score (nSPS) is 12.5. The molecule has 0 aromatic heterocycles. The van der Waals surface area contributed by atoms with Crippen molar-refractivity contribution in [3.63, 3.8) is 0 Å². The molecule has 1 aliphatic heterocycles. The van der Waals surface area contributed by atoms with Crippen LogP contribution in [0.3, 0.4) is 0 Å². The summed E-state index contributed by atoms with van der Waals surface area (Å²) in [5.74, 6) is 2.49. The molecule has 3 rings (SSSR count). The molecule has 2 aromatic carbocycles.